The zero-order valence-electron chi connectivity index (χ0n) is 17.8. The van der Waals surface area contributed by atoms with Crippen molar-refractivity contribution in [2.45, 2.75) is 18.4 Å². The third kappa shape index (κ3) is 4.45. The van der Waals surface area contributed by atoms with E-state index in [0.29, 0.717) is 0 Å². The quantitative estimate of drug-likeness (QED) is 0.688. The number of carboxylic acids is 1. The molecule has 168 valence electrons. The van der Waals surface area contributed by atoms with Crippen molar-refractivity contribution in [3.05, 3.63) is 59.7 Å². The standard InChI is InChI=1S/C24H26N2O6/c1-26(11-10-22(27)28)23(29)20-12-31-14-21(20)25-24(30)32-13-19-17-8-4-2-6-15(17)16-7-3-5-9-18(16)19/h2-9,19-21H,10-14H2,1H3,(H,25,30)(H,27,28). The first-order chi connectivity index (χ1) is 15.5. The monoisotopic (exact) mass is 438 g/mol. The van der Waals surface area contributed by atoms with E-state index in [-0.39, 0.29) is 44.6 Å². The van der Waals surface area contributed by atoms with Crippen LogP contribution in [0.4, 0.5) is 4.79 Å². The number of rotatable bonds is 7. The van der Waals surface area contributed by atoms with E-state index in [0.717, 1.165) is 22.3 Å². The minimum absolute atomic E-state index is 0.0486. The van der Waals surface area contributed by atoms with Gasteiger partial charge in [0.05, 0.1) is 31.6 Å². The van der Waals surface area contributed by atoms with Gasteiger partial charge in [-0.15, -0.1) is 0 Å². The Kier molecular flexibility index (Phi) is 6.41. The molecule has 2 aromatic rings. The van der Waals surface area contributed by atoms with Gasteiger partial charge in [0.1, 0.15) is 6.61 Å². The molecule has 0 spiro atoms. The maximum atomic E-state index is 12.7. The van der Waals surface area contributed by atoms with Gasteiger partial charge in [-0.1, -0.05) is 48.5 Å². The second-order valence-electron chi connectivity index (χ2n) is 8.12. The van der Waals surface area contributed by atoms with Crippen LogP contribution in [0.15, 0.2) is 48.5 Å². The molecule has 2 amide bonds. The summed E-state index contributed by atoms with van der Waals surface area (Å²) < 4.78 is 11.0. The lowest BCUT2D eigenvalue weighted by Crippen LogP contribution is -2.47. The van der Waals surface area contributed by atoms with E-state index in [1.165, 1.54) is 4.90 Å². The smallest absolute Gasteiger partial charge is 0.407 e. The summed E-state index contributed by atoms with van der Waals surface area (Å²) in [6.07, 6.45) is -0.742. The summed E-state index contributed by atoms with van der Waals surface area (Å²) in [5, 5.41) is 11.6. The Bertz CT molecular complexity index is 978. The molecule has 1 fully saturated rings. The van der Waals surface area contributed by atoms with Crippen molar-refractivity contribution in [2.24, 2.45) is 5.92 Å². The molecule has 0 radical (unpaired) electrons. The zero-order chi connectivity index (χ0) is 22.7. The number of carboxylic acid groups (broad SMARTS) is 1. The summed E-state index contributed by atoms with van der Waals surface area (Å²) in [5.74, 6) is -1.85. The Labute approximate surface area is 186 Å². The first-order valence-electron chi connectivity index (χ1n) is 10.6. The van der Waals surface area contributed by atoms with E-state index < -0.39 is 24.0 Å². The SMILES string of the molecule is CN(CCC(=O)O)C(=O)C1COCC1NC(=O)OCC1c2ccccc2-c2ccccc21. The molecule has 8 nitrogen and oxygen atoms in total. The third-order valence-electron chi connectivity index (χ3n) is 6.08. The fourth-order valence-corrected chi connectivity index (χ4v) is 4.39. The van der Waals surface area contributed by atoms with E-state index in [1.54, 1.807) is 7.05 Å². The van der Waals surface area contributed by atoms with E-state index in [4.69, 9.17) is 14.6 Å². The van der Waals surface area contributed by atoms with Crippen molar-refractivity contribution >= 4 is 18.0 Å². The number of alkyl carbamates (subject to hydrolysis) is 1. The predicted octanol–water partition coefficient (Wildman–Crippen LogP) is 2.47. The van der Waals surface area contributed by atoms with Crippen LogP contribution in [0.2, 0.25) is 0 Å². The molecular formula is C24H26N2O6. The number of hydrogen-bond acceptors (Lipinski definition) is 5. The summed E-state index contributed by atoms with van der Waals surface area (Å²) >= 11 is 0. The minimum atomic E-state index is -0.972. The van der Waals surface area contributed by atoms with Gasteiger partial charge in [0.15, 0.2) is 0 Å². The van der Waals surface area contributed by atoms with Crippen LogP contribution in [0.5, 0.6) is 0 Å². The van der Waals surface area contributed by atoms with Crippen LogP contribution in [0.1, 0.15) is 23.5 Å². The van der Waals surface area contributed by atoms with Crippen LogP contribution < -0.4 is 5.32 Å². The highest BCUT2D eigenvalue weighted by Gasteiger charge is 2.37. The average molecular weight is 438 g/mol. The number of nitrogens with one attached hydrogen (secondary N) is 1. The van der Waals surface area contributed by atoms with E-state index in [9.17, 15) is 14.4 Å². The second-order valence-corrected chi connectivity index (χ2v) is 8.12. The van der Waals surface area contributed by atoms with Crippen LogP contribution >= 0.6 is 0 Å². The lowest BCUT2D eigenvalue weighted by molar-refractivity contribution is -0.139. The maximum absolute atomic E-state index is 12.7. The summed E-state index contributed by atoms with van der Waals surface area (Å²) in [7, 11) is 1.55. The highest BCUT2D eigenvalue weighted by atomic mass is 16.5. The van der Waals surface area contributed by atoms with Crippen molar-refractivity contribution in [3.63, 3.8) is 0 Å². The molecule has 4 rings (SSSR count). The van der Waals surface area contributed by atoms with Crippen molar-refractivity contribution in [3.8, 4) is 11.1 Å². The summed E-state index contributed by atoms with van der Waals surface area (Å²) in [6, 6.07) is 15.7. The fourth-order valence-electron chi connectivity index (χ4n) is 4.39. The zero-order valence-corrected chi connectivity index (χ0v) is 17.8. The minimum Gasteiger partial charge on any atom is -0.481 e. The summed E-state index contributed by atoms with van der Waals surface area (Å²) in [6.45, 7) is 0.658. The Hall–Kier alpha value is -3.39. The summed E-state index contributed by atoms with van der Waals surface area (Å²) in [4.78, 5) is 37.3. The van der Waals surface area contributed by atoms with Crippen molar-refractivity contribution in [1.29, 1.82) is 0 Å². The van der Waals surface area contributed by atoms with E-state index in [2.05, 4.69) is 17.4 Å². The molecule has 1 aliphatic carbocycles. The molecule has 2 atom stereocenters. The van der Waals surface area contributed by atoms with Crippen LogP contribution in [0.25, 0.3) is 11.1 Å². The Morgan fingerprint density at radius 1 is 1.06 bits per heavy atom. The number of aliphatic carboxylic acids is 1. The van der Waals surface area contributed by atoms with Gasteiger partial charge in [0.2, 0.25) is 5.91 Å². The van der Waals surface area contributed by atoms with Crippen LogP contribution in [0.3, 0.4) is 0 Å². The topological polar surface area (TPSA) is 105 Å². The van der Waals surface area contributed by atoms with Crippen molar-refractivity contribution in [1.82, 2.24) is 10.2 Å². The lowest BCUT2D eigenvalue weighted by Gasteiger charge is -2.24. The Morgan fingerprint density at radius 2 is 1.69 bits per heavy atom. The van der Waals surface area contributed by atoms with E-state index >= 15 is 0 Å². The Morgan fingerprint density at radius 3 is 2.31 bits per heavy atom. The highest BCUT2D eigenvalue weighted by Crippen LogP contribution is 2.44. The number of carbonyl (C=O) groups excluding carboxylic acids is 2. The number of carbonyl (C=O) groups is 3. The Balaban J connectivity index is 1.36. The number of nitrogens with zero attached hydrogens (tertiary/aromatic N) is 1. The normalized spacial score (nSPS) is 19.2. The number of fused-ring (bicyclic) bond motifs is 3. The van der Waals surface area contributed by atoms with Gasteiger partial charge in [-0.3, -0.25) is 9.59 Å². The number of benzene rings is 2. The maximum Gasteiger partial charge on any atom is 0.407 e. The van der Waals surface area contributed by atoms with Gasteiger partial charge in [0, 0.05) is 19.5 Å². The molecule has 2 unspecified atom stereocenters. The van der Waals surface area contributed by atoms with Gasteiger partial charge in [-0.25, -0.2) is 4.79 Å². The number of amides is 2. The largest absolute Gasteiger partial charge is 0.481 e. The number of ether oxygens (including phenoxy) is 2. The second kappa shape index (κ2) is 9.40. The molecule has 0 bridgehead atoms. The van der Waals surface area contributed by atoms with Crippen molar-refractivity contribution in [2.75, 3.05) is 33.4 Å². The molecule has 1 saturated heterocycles. The first-order valence-corrected chi connectivity index (χ1v) is 10.6. The van der Waals surface area contributed by atoms with Crippen LogP contribution in [-0.4, -0.2) is 67.4 Å². The van der Waals surface area contributed by atoms with Gasteiger partial charge >= 0.3 is 12.1 Å². The molecule has 32 heavy (non-hydrogen) atoms. The fraction of sp³-hybridized carbons (Fsp3) is 0.375. The molecule has 2 aliphatic rings. The van der Waals surface area contributed by atoms with Gasteiger partial charge in [0.25, 0.3) is 0 Å². The number of hydrogen-bond donors (Lipinski definition) is 2. The van der Waals surface area contributed by atoms with E-state index in [1.807, 2.05) is 36.4 Å². The first kappa shape index (κ1) is 21.8. The van der Waals surface area contributed by atoms with Gasteiger partial charge < -0.3 is 24.8 Å². The van der Waals surface area contributed by atoms with Gasteiger partial charge in [-0.05, 0) is 22.3 Å². The molecule has 1 aliphatic heterocycles. The third-order valence-corrected chi connectivity index (χ3v) is 6.08. The van der Waals surface area contributed by atoms with Crippen molar-refractivity contribution < 1.29 is 29.0 Å². The van der Waals surface area contributed by atoms with Crippen LogP contribution in [0, 0.1) is 5.92 Å². The average Bonchev–Trinajstić information content (AvgIpc) is 3.38. The lowest BCUT2D eigenvalue weighted by atomic mass is 9.98. The highest BCUT2D eigenvalue weighted by molar-refractivity contribution is 5.82. The van der Waals surface area contributed by atoms with Crippen LogP contribution in [-0.2, 0) is 19.1 Å². The molecular weight excluding hydrogens is 412 g/mol. The summed E-state index contributed by atoms with van der Waals surface area (Å²) in [5.41, 5.74) is 4.55. The molecule has 2 N–H and O–H groups in total. The van der Waals surface area contributed by atoms with Gasteiger partial charge in [-0.2, -0.15) is 0 Å². The predicted molar refractivity (Wildman–Crippen MR) is 116 cm³/mol. The molecule has 8 heteroatoms. The molecule has 1 heterocycles. The molecule has 2 aromatic carbocycles. The molecule has 0 aromatic heterocycles. The molecule has 0 saturated carbocycles.